The third-order valence-electron chi connectivity index (χ3n) is 4.94. The van der Waals surface area contributed by atoms with Crippen molar-refractivity contribution in [1.82, 2.24) is 19.7 Å². The number of benzene rings is 2. The Balaban J connectivity index is 1.42. The van der Waals surface area contributed by atoms with Crippen LogP contribution >= 0.6 is 23.1 Å². The Morgan fingerprint density at radius 3 is 2.81 bits per heavy atom. The van der Waals surface area contributed by atoms with Gasteiger partial charge >= 0.3 is 0 Å². The Bertz CT molecular complexity index is 1170. The molecule has 2 aromatic heterocycles. The maximum atomic E-state index is 5.56. The summed E-state index contributed by atoms with van der Waals surface area (Å²) < 4.78 is 13.2. The standard InChI is InChI=1S/C23H22N4O2S2/c1-2-6-21-24-18(13-30-21)14-31-23-26-25-22(17-7-4-3-5-8-17)27(23)12-16-9-10-19-20(11-16)29-15-28-19/h3-5,7-11,13H,2,6,12,14-15H2,1H3. The number of thioether (sulfide) groups is 1. The number of aryl methyl sites for hydroxylation is 1. The summed E-state index contributed by atoms with van der Waals surface area (Å²) in [5.41, 5.74) is 3.25. The molecule has 1 aliphatic rings. The predicted molar refractivity (Wildman–Crippen MR) is 123 cm³/mol. The second-order valence-corrected chi connectivity index (χ2v) is 9.10. The quantitative estimate of drug-likeness (QED) is 0.334. The molecule has 158 valence electrons. The summed E-state index contributed by atoms with van der Waals surface area (Å²) in [5.74, 6) is 3.20. The van der Waals surface area contributed by atoms with E-state index in [0.717, 1.165) is 57.9 Å². The van der Waals surface area contributed by atoms with Crippen LogP contribution < -0.4 is 9.47 Å². The topological polar surface area (TPSA) is 62.1 Å². The minimum absolute atomic E-state index is 0.273. The highest BCUT2D eigenvalue weighted by Gasteiger charge is 2.18. The molecule has 0 radical (unpaired) electrons. The van der Waals surface area contributed by atoms with Gasteiger partial charge < -0.3 is 9.47 Å². The first kappa shape index (κ1) is 20.1. The molecule has 0 saturated carbocycles. The van der Waals surface area contributed by atoms with Gasteiger partial charge in [-0.1, -0.05) is 55.1 Å². The lowest BCUT2D eigenvalue weighted by molar-refractivity contribution is 0.174. The number of ether oxygens (including phenoxy) is 2. The molecule has 3 heterocycles. The molecule has 0 atom stereocenters. The second kappa shape index (κ2) is 9.11. The van der Waals surface area contributed by atoms with Gasteiger partial charge in [0, 0.05) is 16.7 Å². The van der Waals surface area contributed by atoms with Crippen LogP contribution in [-0.4, -0.2) is 26.5 Å². The van der Waals surface area contributed by atoms with Crippen molar-refractivity contribution in [3.8, 4) is 22.9 Å². The van der Waals surface area contributed by atoms with E-state index >= 15 is 0 Å². The van der Waals surface area contributed by atoms with E-state index in [4.69, 9.17) is 14.5 Å². The summed E-state index contributed by atoms with van der Waals surface area (Å²) in [7, 11) is 0. The van der Waals surface area contributed by atoms with Crippen LogP contribution in [0.2, 0.25) is 0 Å². The zero-order valence-electron chi connectivity index (χ0n) is 17.2. The highest BCUT2D eigenvalue weighted by atomic mass is 32.2. The summed E-state index contributed by atoms with van der Waals surface area (Å²) in [6, 6.07) is 16.2. The Labute approximate surface area is 189 Å². The number of hydrogen-bond acceptors (Lipinski definition) is 7. The van der Waals surface area contributed by atoms with Gasteiger partial charge in [0.1, 0.15) is 0 Å². The van der Waals surface area contributed by atoms with E-state index in [1.54, 1.807) is 23.1 Å². The molecule has 0 spiro atoms. The van der Waals surface area contributed by atoms with E-state index in [2.05, 4.69) is 45.3 Å². The zero-order chi connectivity index (χ0) is 21.0. The molecule has 6 nitrogen and oxygen atoms in total. The van der Waals surface area contributed by atoms with E-state index < -0.39 is 0 Å². The fourth-order valence-corrected chi connectivity index (χ4v) is 5.28. The lowest BCUT2D eigenvalue weighted by Crippen LogP contribution is -2.04. The van der Waals surface area contributed by atoms with Crippen molar-refractivity contribution in [3.63, 3.8) is 0 Å². The molecule has 4 aromatic rings. The fraction of sp³-hybridized carbons (Fsp3) is 0.261. The summed E-state index contributed by atoms with van der Waals surface area (Å²) in [6.45, 7) is 3.10. The van der Waals surface area contributed by atoms with Gasteiger partial charge in [0.2, 0.25) is 6.79 Å². The number of thiazole rings is 1. The minimum Gasteiger partial charge on any atom is -0.454 e. The average molecular weight is 451 g/mol. The van der Waals surface area contributed by atoms with E-state index in [0.29, 0.717) is 6.54 Å². The van der Waals surface area contributed by atoms with Crippen LogP contribution in [0.4, 0.5) is 0 Å². The van der Waals surface area contributed by atoms with Crippen LogP contribution in [0.15, 0.2) is 59.1 Å². The summed E-state index contributed by atoms with van der Waals surface area (Å²) in [4.78, 5) is 4.74. The maximum Gasteiger partial charge on any atom is 0.231 e. The third-order valence-corrected chi connectivity index (χ3v) is 6.90. The second-order valence-electron chi connectivity index (χ2n) is 7.22. The number of fused-ring (bicyclic) bond motifs is 1. The molecule has 0 bridgehead atoms. The molecule has 0 unspecified atom stereocenters. The van der Waals surface area contributed by atoms with Crippen molar-refractivity contribution < 1.29 is 9.47 Å². The monoisotopic (exact) mass is 450 g/mol. The van der Waals surface area contributed by atoms with Crippen molar-refractivity contribution in [2.75, 3.05) is 6.79 Å². The molecule has 0 N–H and O–H groups in total. The molecular formula is C23H22N4O2S2. The van der Waals surface area contributed by atoms with Crippen molar-refractivity contribution in [3.05, 3.63) is 70.2 Å². The maximum absolute atomic E-state index is 5.56. The first-order chi connectivity index (χ1) is 15.3. The van der Waals surface area contributed by atoms with E-state index in [1.807, 2.05) is 30.3 Å². The molecular weight excluding hydrogens is 428 g/mol. The average Bonchev–Trinajstić information content (AvgIpc) is 3.53. The van der Waals surface area contributed by atoms with Gasteiger partial charge in [-0.2, -0.15) is 0 Å². The normalized spacial score (nSPS) is 12.4. The lowest BCUT2D eigenvalue weighted by atomic mass is 10.2. The molecule has 2 aromatic carbocycles. The van der Waals surface area contributed by atoms with Crippen LogP contribution in [0.3, 0.4) is 0 Å². The van der Waals surface area contributed by atoms with Crippen LogP contribution in [-0.2, 0) is 18.7 Å². The first-order valence-corrected chi connectivity index (χ1v) is 12.1. The van der Waals surface area contributed by atoms with Crippen LogP contribution in [0.25, 0.3) is 11.4 Å². The molecule has 0 saturated heterocycles. The van der Waals surface area contributed by atoms with Crippen molar-refractivity contribution in [2.24, 2.45) is 0 Å². The fourth-order valence-electron chi connectivity index (χ4n) is 3.44. The summed E-state index contributed by atoms with van der Waals surface area (Å²) >= 11 is 3.41. The Morgan fingerprint density at radius 1 is 1.06 bits per heavy atom. The van der Waals surface area contributed by atoms with Crippen LogP contribution in [0, 0.1) is 0 Å². The molecule has 1 aliphatic heterocycles. The minimum atomic E-state index is 0.273. The van der Waals surface area contributed by atoms with Gasteiger partial charge in [-0.3, -0.25) is 4.57 Å². The molecule has 5 rings (SSSR count). The van der Waals surface area contributed by atoms with E-state index in [-0.39, 0.29) is 6.79 Å². The number of rotatable bonds is 8. The largest absolute Gasteiger partial charge is 0.454 e. The third kappa shape index (κ3) is 4.45. The van der Waals surface area contributed by atoms with Crippen molar-refractivity contribution >= 4 is 23.1 Å². The van der Waals surface area contributed by atoms with E-state index in [1.165, 1.54) is 5.01 Å². The van der Waals surface area contributed by atoms with Crippen molar-refractivity contribution in [2.45, 2.75) is 37.2 Å². The Hall–Kier alpha value is -2.84. The number of hydrogen-bond donors (Lipinski definition) is 0. The van der Waals surface area contributed by atoms with Gasteiger partial charge in [0.05, 0.1) is 17.2 Å². The zero-order valence-corrected chi connectivity index (χ0v) is 18.8. The smallest absolute Gasteiger partial charge is 0.231 e. The highest BCUT2D eigenvalue weighted by Crippen LogP contribution is 2.34. The van der Waals surface area contributed by atoms with Gasteiger partial charge in [-0.15, -0.1) is 21.5 Å². The van der Waals surface area contributed by atoms with Crippen LogP contribution in [0.5, 0.6) is 11.5 Å². The Morgan fingerprint density at radius 2 is 1.94 bits per heavy atom. The van der Waals surface area contributed by atoms with Gasteiger partial charge in [-0.25, -0.2) is 4.98 Å². The molecule has 0 aliphatic carbocycles. The van der Waals surface area contributed by atoms with Crippen LogP contribution in [0.1, 0.15) is 29.6 Å². The SMILES string of the molecule is CCCc1nc(CSc2nnc(-c3ccccc3)n2Cc2ccc3c(c2)OCO3)cs1. The number of aromatic nitrogens is 4. The molecule has 0 fully saturated rings. The molecule has 0 amide bonds. The lowest BCUT2D eigenvalue weighted by Gasteiger charge is -2.11. The van der Waals surface area contributed by atoms with Gasteiger partial charge in [0.25, 0.3) is 0 Å². The highest BCUT2D eigenvalue weighted by molar-refractivity contribution is 7.98. The van der Waals surface area contributed by atoms with E-state index in [9.17, 15) is 0 Å². The Kier molecular flexibility index (Phi) is 5.90. The number of nitrogens with zero attached hydrogens (tertiary/aromatic N) is 4. The predicted octanol–water partition coefficient (Wildman–Crippen LogP) is 5.42. The van der Waals surface area contributed by atoms with Crippen molar-refractivity contribution in [1.29, 1.82) is 0 Å². The summed E-state index contributed by atoms with van der Waals surface area (Å²) in [6.07, 6.45) is 2.15. The van der Waals surface area contributed by atoms with Gasteiger partial charge in [-0.05, 0) is 30.5 Å². The van der Waals surface area contributed by atoms with Gasteiger partial charge in [0.15, 0.2) is 22.5 Å². The molecule has 31 heavy (non-hydrogen) atoms. The first-order valence-electron chi connectivity index (χ1n) is 10.2. The molecule has 8 heteroatoms. The summed E-state index contributed by atoms with van der Waals surface area (Å²) in [5, 5.41) is 13.3.